The van der Waals surface area contributed by atoms with Gasteiger partial charge in [0.25, 0.3) is 0 Å². The second-order valence-corrected chi connectivity index (χ2v) is 4.05. The maximum Gasteiger partial charge on any atom is 0.147 e. The van der Waals surface area contributed by atoms with E-state index in [1.54, 1.807) is 24.3 Å². The van der Waals surface area contributed by atoms with Gasteiger partial charge in [-0.2, -0.15) is 0 Å². The van der Waals surface area contributed by atoms with E-state index in [1.165, 1.54) is 6.92 Å². The molecule has 0 aliphatic heterocycles. The molecule has 0 fully saturated rings. The number of benzene rings is 1. The van der Waals surface area contributed by atoms with E-state index >= 15 is 0 Å². The monoisotopic (exact) mass is 190 g/mol. The summed E-state index contributed by atoms with van der Waals surface area (Å²) in [7, 11) is 2.11. The molecule has 0 N–H and O–H groups in total. The van der Waals surface area contributed by atoms with Crippen molar-refractivity contribution in [2.75, 3.05) is 0 Å². The lowest BCUT2D eigenvalue weighted by Gasteiger charge is -2.15. The lowest BCUT2D eigenvalue weighted by Crippen LogP contribution is -2.04. The highest BCUT2D eigenvalue weighted by Gasteiger charge is 2.20. The van der Waals surface area contributed by atoms with Crippen LogP contribution in [0.15, 0.2) is 24.3 Å². The summed E-state index contributed by atoms with van der Waals surface area (Å²) in [6.07, 6.45) is 0. The standard InChI is InChI=1S/C8H9ClFP/c1-8(10,11)6-4-2-3-5-7(6)9/h2-5H,11H2,1H3. The van der Waals surface area contributed by atoms with Crippen LogP contribution in [0.5, 0.6) is 0 Å². The van der Waals surface area contributed by atoms with Gasteiger partial charge in [0, 0.05) is 10.6 Å². The third kappa shape index (κ3) is 2.15. The fraction of sp³-hybridized carbons (Fsp3) is 0.250. The van der Waals surface area contributed by atoms with Gasteiger partial charge >= 0.3 is 0 Å². The minimum Gasteiger partial charge on any atom is -0.235 e. The topological polar surface area (TPSA) is 0 Å². The summed E-state index contributed by atoms with van der Waals surface area (Å²) < 4.78 is 13.3. The number of halogens is 2. The Balaban J connectivity index is 3.14. The molecule has 0 aromatic heterocycles. The summed E-state index contributed by atoms with van der Waals surface area (Å²) in [5.41, 5.74) is 0.506. The molecule has 1 rings (SSSR count). The Bertz CT molecular complexity index is 255. The fourth-order valence-corrected chi connectivity index (χ4v) is 1.52. The Labute approximate surface area is 73.0 Å². The molecule has 1 aromatic rings. The predicted octanol–water partition coefficient (Wildman–Crippen LogP) is 3.36. The van der Waals surface area contributed by atoms with Crippen molar-refractivity contribution < 1.29 is 4.39 Å². The molecule has 2 atom stereocenters. The maximum absolute atomic E-state index is 13.3. The Hall–Kier alpha value is -0.130. The molecular weight excluding hydrogens is 182 g/mol. The van der Waals surface area contributed by atoms with Crippen LogP contribution in [0.2, 0.25) is 5.02 Å². The van der Waals surface area contributed by atoms with E-state index in [4.69, 9.17) is 11.6 Å². The molecule has 1 aromatic carbocycles. The SMILES string of the molecule is CC(F)(P)c1ccccc1Cl. The highest BCUT2D eigenvalue weighted by Crippen LogP contribution is 2.36. The highest BCUT2D eigenvalue weighted by molar-refractivity contribution is 7.18. The molecule has 0 aliphatic rings. The van der Waals surface area contributed by atoms with Crippen molar-refractivity contribution in [2.24, 2.45) is 0 Å². The summed E-state index contributed by atoms with van der Waals surface area (Å²) >= 11 is 5.76. The van der Waals surface area contributed by atoms with Crippen LogP contribution in [0.3, 0.4) is 0 Å². The van der Waals surface area contributed by atoms with Crippen LogP contribution in [0.4, 0.5) is 4.39 Å². The first-order chi connectivity index (χ1) is 5.02. The first-order valence-corrected chi connectivity index (χ1v) is 4.20. The summed E-state index contributed by atoms with van der Waals surface area (Å²) in [4.78, 5) is 0. The van der Waals surface area contributed by atoms with Crippen molar-refractivity contribution in [1.29, 1.82) is 0 Å². The second-order valence-electron chi connectivity index (χ2n) is 2.56. The van der Waals surface area contributed by atoms with Gasteiger partial charge in [-0.15, -0.1) is 0 Å². The van der Waals surface area contributed by atoms with Gasteiger partial charge in [0.05, 0.1) is 0 Å². The smallest absolute Gasteiger partial charge is 0.147 e. The van der Waals surface area contributed by atoms with Gasteiger partial charge in [-0.3, -0.25) is 0 Å². The van der Waals surface area contributed by atoms with Gasteiger partial charge in [-0.05, 0) is 13.0 Å². The van der Waals surface area contributed by atoms with Crippen LogP contribution in [-0.2, 0) is 5.41 Å². The van der Waals surface area contributed by atoms with Crippen LogP contribution < -0.4 is 0 Å². The van der Waals surface area contributed by atoms with E-state index < -0.39 is 5.41 Å². The summed E-state index contributed by atoms with van der Waals surface area (Å²) in [6, 6.07) is 6.90. The quantitative estimate of drug-likeness (QED) is 0.596. The van der Waals surface area contributed by atoms with Crippen molar-refractivity contribution >= 4 is 20.8 Å². The normalized spacial score (nSPS) is 16.0. The molecule has 0 amide bonds. The number of alkyl halides is 1. The van der Waals surface area contributed by atoms with Crippen LogP contribution in [0, 0.1) is 0 Å². The number of rotatable bonds is 1. The maximum atomic E-state index is 13.3. The average Bonchev–Trinajstić information content (AvgIpc) is 1.86. The third-order valence-electron chi connectivity index (χ3n) is 1.40. The summed E-state index contributed by atoms with van der Waals surface area (Å²) in [5, 5.41) is -0.967. The minimum atomic E-state index is -1.43. The van der Waals surface area contributed by atoms with E-state index in [0.717, 1.165) is 0 Å². The Kier molecular flexibility index (Phi) is 2.51. The average molecular weight is 191 g/mol. The molecule has 0 bridgehead atoms. The summed E-state index contributed by atoms with van der Waals surface area (Å²) in [6.45, 7) is 1.46. The second kappa shape index (κ2) is 3.08. The molecule has 0 radical (unpaired) electrons. The fourth-order valence-electron chi connectivity index (χ4n) is 0.858. The molecule has 11 heavy (non-hydrogen) atoms. The lowest BCUT2D eigenvalue weighted by atomic mass is 10.1. The van der Waals surface area contributed by atoms with Crippen molar-refractivity contribution in [1.82, 2.24) is 0 Å². The third-order valence-corrected chi connectivity index (χ3v) is 2.04. The van der Waals surface area contributed by atoms with E-state index in [1.807, 2.05) is 0 Å². The predicted molar refractivity (Wildman–Crippen MR) is 49.6 cm³/mol. The zero-order valence-corrected chi connectivity index (χ0v) is 8.05. The van der Waals surface area contributed by atoms with E-state index in [-0.39, 0.29) is 0 Å². The first kappa shape index (κ1) is 8.96. The molecule has 0 saturated heterocycles. The highest BCUT2D eigenvalue weighted by atomic mass is 35.5. The lowest BCUT2D eigenvalue weighted by molar-refractivity contribution is 0.324. The number of hydrogen-bond donors (Lipinski definition) is 0. The summed E-state index contributed by atoms with van der Waals surface area (Å²) in [5.74, 6) is 0. The minimum absolute atomic E-state index is 0.465. The van der Waals surface area contributed by atoms with Crippen LogP contribution >= 0.6 is 20.8 Å². The largest absolute Gasteiger partial charge is 0.235 e. The molecule has 2 unspecified atom stereocenters. The molecule has 60 valence electrons. The van der Waals surface area contributed by atoms with Gasteiger partial charge in [0.15, 0.2) is 0 Å². The molecule has 0 nitrogen and oxygen atoms in total. The Morgan fingerprint density at radius 3 is 2.36 bits per heavy atom. The van der Waals surface area contributed by atoms with Crippen molar-refractivity contribution in [3.05, 3.63) is 34.9 Å². The van der Waals surface area contributed by atoms with Crippen molar-refractivity contribution in [3.63, 3.8) is 0 Å². The zero-order valence-electron chi connectivity index (χ0n) is 6.14. The van der Waals surface area contributed by atoms with Gasteiger partial charge < -0.3 is 0 Å². The van der Waals surface area contributed by atoms with Gasteiger partial charge in [-0.25, -0.2) is 4.39 Å². The van der Waals surface area contributed by atoms with Gasteiger partial charge in [0.2, 0.25) is 0 Å². The molecule has 0 saturated carbocycles. The Morgan fingerprint density at radius 1 is 1.45 bits per heavy atom. The van der Waals surface area contributed by atoms with E-state index in [2.05, 4.69) is 9.24 Å². The molecular formula is C8H9ClFP. The van der Waals surface area contributed by atoms with Crippen LogP contribution in [0.25, 0.3) is 0 Å². The molecule has 3 heteroatoms. The van der Waals surface area contributed by atoms with Crippen molar-refractivity contribution in [2.45, 2.75) is 12.3 Å². The zero-order chi connectivity index (χ0) is 8.48. The van der Waals surface area contributed by atoms with Crippen LogP contribution in [0.1, 0.15) is 12.5 Å². The molecule has 0 aliphatic carbocycles. The first-order valence-electron chi connectivity index (χ1n) is 3.24. The van der Waals surface area contributed by atoms with Gasteiger partial charge in [-0.1, -0.05) is 39.0 Å². The van der Waals surface area contributed by atoms with E-state index in [9.17, 15) is 4.39 Å². The van der Waals surface area contributed by atoms with Crippen LogP contribution in [-0.4, -0.2) is 0 Å². The van der Waals surface area contributed by atoms with Gasteiger partial charge in [0.1, 0.15) is 5.41 Å². The molecule has 0 heterocycles. The Morgan fingerprint density at radius 2 is 2.00 bits per heavy atom. The van der Waals surface area contributed by atoms with E-state index in [0.29, 0.717) is 10.6 Å². The van der Waals surface area contributed by atoms with Crippen molar-refractivity contribution in [3.8, 4) is 0 Å². The molecule has 0 spiro atoms. The number of hydrogen-bond acceptors (Lipinski definition) is 0.